The topological polar surface area (TPSA) is 76.7 Å². The fraction of sp³-hybridized carbons (Fsp3) is 0.818. The molecular formula is C11H22N2O4. The maximum atomic E-state index is 11.2. The SMILES string of the molecule is CC(=O)NCCOCCC(=O)NCOC(C)C. The normalized spacial score (nSPS) is 10.4. The van der Waals surface area contributed by atoms with E-state index in [2.05, 4.69) is 10.6 Å². The van der Waals surface area contributed by atoms with Crippen LogP contribution in [0.4, 0.5) is 0 Å². The molecule has 2 N–H and O–H groups in total. The van der Waals surface area contributed by atoms with Crippen LogP contribution in [0.2, 0.25) is 0 Å². The van der Waals surface area contributed by atoms with Crippen LogP contribution in [-0.2, 0) is 19.1 Å². The second kappa shape index (κ2) is 10.0. The number of hydrogen-bond donors (Lipinski definition) is 2. The number of hydrogen-bond acceptors (Lipinski definition) is 4. The van der Waals surface area contributed by atoms with Crippen LogP contribution >= 0.6 is 0 Å². The van der Waals surface area contributed by atoms with Crippen molar-refractivity contribution in [1.82, 2.24) is 10.6 Å². The summed E-state index contributed by atoms with van der Waals surface area (Å²) in [5.74, 6) is -0.192. The van der Waals surface area contributed by atoms with E-state index in [-0.39, 0.29) is 24.6 Å². The maximum Gasteiger partial charge on any atom is 0.224 e. The van der Waals surface area contributed by atoms with Gasteiger partial charge in [-0.2, -0.15) is 0 Å². The van der Waals surface area contributed by atoms with Gasteiger partial charge in [0, 0.05) is 13.5 Å². The van der Waals surface area contributed by atoms with Crippen LogP contribution in [0.3, 0.4) is 0 Å². The Bertz CT molecular complexity index is 232. The summed E-state index contributed by atoms with van der Waals surface area (Å²) >= 11 is 0. The molecule has 0 atom stereocenters. The Balaban J connectivity index is 3.24. The van der Waals surface area contributed by atoms with Gasteiger partial charge in [-0.3, -0.25) is 9.59 Å². The molecule has 2 amide bonds. The highest BCUT2D eigenvalue weighted by Gasteiger charge is 2.01. The van der Waals surface area contributed by atoms with E-state index in [1.165, 1.54) is 6.92 Å². The van der Waals surface area contributed by atoms with Gasteiger partial charge in [-0.1, -0.05) is 0 Å². The molecule has 0 saturated heterocycles. The molecule has 17 heavy (non-hydrogen) atoms. The fourth-order valence-electron chi connectivity index (χ4n) is 0.943. The van der Waals surface area contributed by atoms with E-state index in [0.29, 0.717) is 26.2 Å². The monoisotopic (exact) mass is 246 g/mol. The van der Waals surface area contributed by atoms with Gasteiger partial charge >= 0.3 is 0 Å². The van der Waals surface area contributed by atoms with Gasteiger partial charge in [-0.15, -0.1) is 0 Å². The minimum atomic E-state index is -0.106. The number of nitrogens with one attached hydrogen (secondary N) is 2. The molecule has 6 nitrogen and oxygen atoms in total. The molecule has 0 aliphatic heterocycles. The number of rotatable bonds is 9. The molecule has 0 aromatic rings. The van der Waals surface area contributed by atoms with Crippen molar-refractivity contribution in [3.8, 4) is 0 Å². The molecular weight excluding hydrogens is 224 g/mol. The summed E-state index contributed by atoms with van der Waals surface area (Å²) in [7, 11) is 0. The zero-order valence-corrected chi connectivity index (χ0v) is 10.7. The molecule has 6 heteroatoms. The Morgan fingerprint density at radius 3 is 2.47 bits per heavy atom. The quantitative estimate of drug-likeness (QED) is 0.444. The largest absolute Gasteiger partial charge is 0.379 e. The summed E-state index contributed by atoms with van der Waals surface area (Å²) in [6.07, 6.45) is 0.394. The third-order valence-electron chi connectivity index (χ3n) is 1.78. The summed E-state index contributed by atoms with van der Waals surface area (Å²) in [5, 5.41) is 5.21. The van der Waals surface area contributed by atoms with E-state index in [9.17, 15) is 9.59 Å². The van der Waals surface area contributed by atoms with E-state index in [1.54, 1.807) is 0 Å². The molecule has 0 heterocycles. The van der Waals surface area contributed by atoms with Crippen molar-refractivity contribution in [2.75, 3.05) is 26.5 Å². The zero-order valence-electron chi connectivity index (χ0n) is 10.7. The highest BCUT2D eigenvalue weighted by molar-refractivity contribution is 5.75. The van der Waals surface area contributed by atoms with Crippen LogP contribution in [0.25, 0.3) is 0 Å². The van der Waals surface area contributed by atoms with Crippen LogP contribution in [0.5, 0.6) is 0 Å². The van der Waals surface area contributed by atoms with E-state index in [1.807, 2.05) is 13.8 Å². The number of amides is 2. The van der Waals surface area contributed by atoms with Gasteiger partial charge in [-0.25, -0.2) is 0 Å². The number of carbonyl (C=O) groups is 2. The van der Waals surface area contributed by atoms with Crippen LogP contribution in [0.15, 0.2) is 0 Å². The summed E-state index contributed by atoms with van der Waals surface area (Å²) in [4.78, 5) is 21.7. The lowest BCUT2D eigenvalue weighted by atomic mass is 10.4. The highest BCUT2D eigenvalue weighted by atomic mass is 16.5. The summed E-state index contributed by atoms with van der Waals surface area (Å²) < 4.78 is 10.3. The average Bonchev–Trinajstić information content (AvgIpc) is 2.22. The summed E-state index contributed by atoms with van der Waals surface area (Å²) in [5.41, 5.74) is 0. The molecule has 0 radical (unpaired) electrons. The maximum absolute atomic E-state index is 11.2. The van der Waals surface area contributed by atoms with E-state index < -0.39 is 0 Å². The smallest absolute Gasteiger partial charge is 0.224 e. The number of ether oxygens (including phenoxy) is 2. The van der Waals surface area contributed by atoms with Crippen molar-refractivity contribution in [3.63, 3.8) is 0 Å². The second-order valence-electron chi connectivity index (χ2n) is 3.81. The first-order valence-corrected chi connectivity index (χ1v) is 5.73. The zero-order chi connectivity index (χ0) is 13.1. The fourth-order valence-corrected chi connectivity index (χ4v) is 0.943. The average molecular weight is 246 g/mol. The minimum Gasteiger partial charge on any atom is -0.379 e. The molecule has 100 valence electrons. The molecule has 0 aromatic carbocycles. The highest BCUT2D eigenvalue weighted by Crippen LogP contribution is 1.86. The van der Waals surface area contributed by atoms with Gasteiger partial charge in [0.2, 0.25) is 11.8 Å². The Kier molecular flexibility index (Phi) is 9.37. The van der Waals surface area contributed by atoms with Crippen LogP contribution in [0.1, 0.15) is 27.2 Å². The van der Waals surface area contributed by atoms with Crippen molar-refractivity contribution >= 4 is 11.8 Å². The summed E-state index contributed by atoms with van der Waals surface area (Å²) in [6, 6.07) is 0. The number of carbonyl (C=O) groups excluding carboxylic acids is 2. The van der Waals surface area contributed by atoms with E-state index in [4.69, 9.17) is 9.47 Å². The second-order valence-corrected chi connectivity index (χ2v) is 3.81. The lowest BCUT2D eigenvalue weighted by Crippen LogP contribution is -2.29. The molecule has 0 unspecified atom stereocenters. The Morgan fingerprint density at radius 1 is 1.18 bits per heavy atom. The third kappa shape index (κ3) is 12.8. The molecule has 0 bridgehead atoms. The lowest BCUT2D eigenvalue weighted by molar-refractivity contribution is -0.124. The predicted molar refractivity (Wildman–Crippen MR) is 63.4 cm³/mol. The Labute approximate surface area is 102 Å². The minimum absolute atomic E-state index is 0.0859. The molecule has 0 rings (SSSR count). The van der Waals surface area contributed by atoms with Crippen molar-refractivity contribution in [1.29, 1.82) is 0 Å². The molecule has 0 aliphatic carbocycles. The van der Waals surface area contributed by atoms with Gasteiger partial charge in [0.05, 0.1) is 25.7 Å². The first kappa shape index (κ1) is 15.9. The molecule has 0 saturated carbocycles. The van der Waals surface area contributed by atoms with Crippen molar-refractivity contribution in [3.05, 3.63) is 0 Å². The van der Waals surface area contributed by atoms with E-state index >= 15 is 0 Å². The van der Waals surface area contributed by atoms with Crippen molar-refractivity contribution in [2.24, 2.45) is 0 Å². The van der Waals surface area contributed by atoms with Gasteiger partial charge in [0.15, 0.2) is 0 Å². The van der Waals surface area contributed by atoms with Crippen LogP contribution in [0, 0.1) is 0 Å². The van der Waals surface area contributed by atoms with Gasteiger partial charge in [0.1, 0.15) is 6.73 Å². The molecule has 0 fully saturated rings. The lowest BCUT2D eigenvalue weighted by Gasteiger charge is -2.09. The first-order valence-electron chi connectivity index (χ1n) is 5.73. The Morgan fingerprint density at radius 2 is 1.88 bits per heavy atom. The standard InChI is InChI=1S/C11H22N2O4/c1-9(2)17-8-13-11(15)4-6-16-7-5-12-10(3)14/h9H,4-8H2,1-3H3,(H,12,14)(H,13,15). The van der Waals surface area contributed by atoms with E-state index in [0.717, 1.165) is 0 Å². The van der Waals surface area contributed by atoms with Crippen molar-refractivity contribution in [2.45, 2.75) is 33.3 Å². The van der Waals surface area contributed by atoms with Gasteiger partial charge < -0.3 is 20.1 Å². The summed E-state index contributed by atoms with van der Waals surface area (Å²) in [6.45, 7) is 6.69. The van der Waals surface area contributed by atoms with Gasteiger partial charge in [0.25, 0.3) is 0 Å². The third-order valence-corrected chi connectivity index (χ3v) is 1.78. The van der Waals surface area contributed by atoms with Gasteiger partial charge in [-0.05, 0) is 13.8 Å². The molecule has 0 aromatic heterocycles. The Hall–Kier alpha value is -1.14. The molecule has 0 spiro atoms. The predicted octanol–water partition coefficient (Wildman–Crippen LogP) is 0.0279. The van der Waals surface area contributed by atoms with Crippen LogP contribution < -0.4 is 10.6 Å². The van der Waals surface area contributed by atoms with Crippen molar-refractivity contribution < 1.29 is 19.1 Å². The first-order chi connectivity index (χ1) is 8.02. The molecule has 0 aliphatic rings. The van der Waals surface area contributed by atoms with Crippen LogP contribution in [-0.4, -0.2) is 44.4 Å².